The number of nitrogens with one attached hydrogen (secondary N) is 1. The standard InChI is InChI=1S/C16H19N.C9H14.C7H8.3C2H6/c1-11(2)13(5)14(6)17-16-9-7-8-15(10-16)12(3)4;1-5-7-9(4)8(3)6-2;1-7-5-3-2-4-6-7;3*1-2/h7-10,17H,1,3,5-6H2,2,4H3;5-7H,1H2,2-4H3;2-6H,1H3;3*1-2H3/b;8-6-,9-7-;;;;. The maximum atomic E-state index is 3.95. The van der Waals surface area contributed by atoms with Gasteiger partial charge in [0.2, 0.25) is 0 Å². The highest BCUT2D eigenvalue weighted by Gasteiger charge is 2.02. The van der Waals surface area contributed by atoms with Gasteiger partial charge in [0, 0.05) is 11.4 Å². The SMILES string of the molecule is C=C(C)C(=C)C(=C)Nc1cccc(C(=C)C)c1.C=C/C=C(C)\C(C)=C/C.CC.CC.CC.Cc1ccccc1. The predicted molar refractivity (Wildman–Crippen MR) is 186 cm³/mol. The van der Waals surface area contributed by atoms with Crippen LogP contribution in [0.4, 0.5) is 5.69 Å². The van der Waals surface area contributed by atoms with E-state index in [1.54, 1.807) is 0 Å². The van der Waals surface area contributed by atoms with Gasteiger partial charge in [0.1, 0.15) is 0 Å². The Bertz CT molecular complexity index is 1010. The van der Waals surface area contributed by atoms with E-state index in [9.17, 15) is 0 Å². The van der Waals surface area contributed by atoms with Gasteiger partial charge in [0.15, 0.2) is 0 Å². The van der Waals surface area contributed by atoms with Crippen LogP contribution in [0.25, 0.3) is 5.57 Å². The third-order valence-electron chi connectivity index (χ3n) is 4.89. The summed E-state index contributed by atoms with van der Waals surface area (Å²) < 4.78 is 0. The fraction of sp³-hybridized carbons (Fsp3) is 0.316. The molecule has 2 aromatic rings. The molecule has 0 bridgehead atoms. The minimum Gasteiger partial charge on any atom is -0.356 e. The van der Waals surface area contributed by atoms with Gasteiger partial charge in [0.05, 0.1) is 0 Å². The molecule has 1 nitrogen and oxygen atoms in total. The second-order valence-electron chi connectivity index (χ2n) is 7.94. The van der Waals surface area contributed by atoms with Crippen molar-refractivity contribution in [2.45, 2.75) is 83.1 Å². The first-order valence-electron chi connectivity index (χ1n) is 14.0. The summed E-state index contributed by atoms with van der Waals surface area (Å²) in [6, 6.07) is 18.3. The van der Waals surface area contributed by atoms with E-state index in [-0.39, 0.29) is 0 Å². The van der Waals surface area contributed by atoms with Crippen molar-refractivity contribution in [3.05, 3.63) is 145 Å². The van der Waals surface area contributed by atoms with E-state index < -0.39 is 0 Å². The Balaban J connectivity index is -0.000000234. The van der Waals surface area contributed by atoms with E-state index in [1.165, 1.54) is 16.7 Å². The van der Waals surface area contributed by atoms with Gasteiger partial charge in [-0.25, -0.2) is 0 Å². The van der Waals surface area contributed by atoms with Crippen molar-refractivity contribution < 1.29 is 0 Å². The zero-order valence-corrected chi connectivity index (χ0v) is 27.5. The van der Waals surface area contributed by atoms with Crippen LogP contribution < -0.4 is 5.32 Å². The molecule has 0 radical (unpaired) electrons. The van der Waals surface area contributed by atoms with E-state index in [2.05, 4.69) is 77.2 Å². The predicted octanol–water partition coefficient (Wildman–Crippen LogP) is 12.9. The minimum atomic E-state index is 0.774. The van der Waals surface area contributed by atoms with Crippen molar-refractivity contribution in [3.8, 4) is 0 Å². The molecule has 0 aliphatic rings. The molecule has 39 heavy (non-hydrogen) atoms. The largest absolute Gasteiger partial charge is 0.356 e. The van der Waals surface area contributed by atoms with Crippen molar-refractivity contribution in [1.82, 2.24) is 0 Å². The number of allylic oxidation sites excluding steroid dienone is 7. The Hall–Kier alpha value is -3.58. The average Bonchev–Trinajstić information content (AvgIpc) is 2.96. The first-order valence-corrected chi connectivity index (χ1v) is 14.0. The van der Waals surface area contributed by atoms with Gasteiger partial charge in [0.25, 0.3) is 0 Å². The van der Waals surface area contributed by atoms with Gasteiger partial charge in [-0.3, -0.25) is 0 Å². The Morgan fingerprint density at radius 2 is 1.23 bits per heavy atom. The van der Waals surface area contributed by atoms with Gasteiger partial charge in [-0.2, -0.15) is 0 Å². The fourth-order valence-corrected chi connectivity index (χ4v) is 2.44. The Morgan fingerprint density at radius 3 is 1.59 bits per heavy atom. The van der Waals surface area contributed by atoms with Crippen LogP contribution in [0.2, 0.25) is 0 Å². The zero-order valence-electron chi connectivity index (χ0n) is 27.5. The summed E-state index contributed by atoms with van der Waals surface area (Å²) >= 11 is 0. The summed E-state index contributed by atoms with van der Waals surface area (Å²) in [7, 11) is 0. The van der Waals surface area contributed by atoms with Gasteiger partial charge >= 0.3 is 0 Å². The molecule has 0 amide bonds. The lowest BCUT2D eigenvalue weighted by Gasteiger charge is -2.13. The highest BCUT2D eigenvalue weighted by Crippen LogP contribution is 2.21. The van der Waals surface area contributed by atoms with Gasteiger partial charge in [-0.05, 0) is 76.0 Å². The van der Waals surface area contributed by atoms with Crippen LogP contribution >= 0.6 is 0 Å². The van der Waals surface area contributed by atoms with Crippen molar-refractivity contribution in [3.63, 3.8) is 0 Å². The second kappa shape index (κ2) is 29.0. The van der Waals surface area contributed by atoms with Crippen LogP contribution in [0.15, 0.2) is 134 Å². The molecule has 0 heterocycles. The van der Waals surface area contributed by atoms with E-state index in [1.807, 2.05) is 117 Å². The third-order valence-corrected chi connectivity index (χ3v) is 4.89. The molecule has 2 aromatic carbocycles. The first-order chi connectivity index (χ1) is 18.5. The van der Waals surface area contributed by atoms with Crippen LogP contribution in [-0.2, 0) is 0 Å². The molecule has 216 valence electrons. The molecular weight excluding hydrogens is 470 g/mol. The maximum Gasteiger partial charge on any atom is 0.0390 e. The summed E-state index contributed by atoms with van der Waals surface area (Å²) in [4.78, 5) is 0. The highest BCUT2D eigenvalue weighted by atomic mass is 14.9. The smallest absolute Gasteiger partial charge is 0.0390 e. The molecule has 2 rings (SSSR count). The van der Waals surface area contributed by atoms with E-state index in [0.717, 1.165) is 33.7 Å². The van der Waals surface area contributed by atoms with Crippen molar-refractivity contribution in [2.75, 3.05) is 5.32 Å². The number of benzene rings is 2. The van der Waals surface area contributed by atoms with Crippen molar-refractivity contribution in [1.29, 1.82) is 0 Å². The topological polar surface area (TPSA) is 12.0 Å². The van der Waals surface area contributed by atoms with E-state index >= 15 is 0 Å². The van der Waals surface area contributed by atoms with Crippen LogP contribution in [0.5, 0.6) is 0 Å². The van der Waals surface area contributed by atoms with Crippen molar-refractivity contribution >= 4 is 11.3 Å². The van der Waals surface area contributed by atoms with Gasteiger partial charge in [-0.15, -0.1) is 0 Å². The quantitative estimate of drug-likeness (QED) is 0.352. The Morgan fingerprint density at radius 1 is 0.718 bits per heavy atom. The van der Waals surface area contributed by atoms with Crippen LogP contribution in [0, 0.1) is 6.92 Å². The highest BCUT2D eigenvalue weighted by molar-refractivity contribution is 5.67. The van der Waals surface area contributed by atoms with Crippen molar-refractivity contribution in [2.24, 2.45) is 0 Å². The molecule has 0 aromatic heterocycles. The van der Waals surface area contributed by atoms with Gasteiger partial charge in [-0.1, -0.05) is 152 Å². The zero-order chi connectivity index (χ0) is 31.4. The normalized spacial score (nSPS) is 9.33. The summed E-state index contributed by atoms with van der Waals surface area (Å²) in [6.07, 6.45) is 5.91. The molecule has 0 spiro atoms. The molecule has 0 unspecified atom stereocenters. The summed E-state index contributed by atoms with van der Waals surface area (Å²) in [5.41, 5.74) is 9.59. The molecule has 0 fully saturated rings. The molecule has 0 saturated carbocycles. The molecule has 1 heteroatoms. The number of aryl methyl sites for hydroxylation is 1. The molecular formula is C38H59N. The number of hydrogen-bond donors (Lipinski definition) is 1. The van der Waals surface area contributed by atoms with Crippen LogP contribution in [-0.4, -0.2) is 0 Å². The van der Waals surface area contributed by atoms with Gasteiger partial charge < -0.3 is 5.32 Å². The molecule has 0 atom stereocenters. The number of anilines is 1. The summed E-state index contributed by atoms with van der Waals surface area (Å²) in [6.45, 7) is 43.5. The molecule has 0 saturated heterocycles. The Labute approximate surface area is 244 Å². The molecule has 0 aliphatic carbocycles. The van der Waals surface area contributed by atoms with E-state index in [0.29, 0.717) is 0 Å². The lowest BCUT2D eigenvalue weighted by Crippen LogP contribution is -2.01. The summed E-state index contributed by atoms with van der Waals surface area (Å²) in [5.74, 6) is 0. The van der Waals surface area contributed by atoms with Crippen LogP contribution in [0.1, 0.15) is 87.3 Å². The first kappa shape index (κ1) is 42.5. The fourth-order valence-electron chi connectivity index (χ4n) is 2.44. The third kappa shape index (κ3) is 23.3. The lowest BCUT2D eigenvalue weighted by molar-refractivity contribution is 1.33. The summed E-state index contributed by atoms with van der Waals surface area (Å²) in [5, 5.41) is 3.22. The second-order valence-corrected chi connectivity index (χ2v) is 7.94. The Kier molecular flexibility index (Phi) is 31.6. The average molecular weight is 530 g/mol. The van der Waals surface area contributed by atoms with Crippen LogP contribution in [0.3, 0.4) is 0 Å². The monoisotopic (exact) mass is 529 g/mol. The molecule has 1 N–H and O–H groups in total. The number of rotatable bonds is 7. The maximum absolute atomic E-state index is 3.95. The van der Waals surface area contributed by atoms with E-state index in [4.69, 9.17) is 0 Å². The lowest BCUT2D eigenvalue weighted by atomic mass is 10.1. The molecule has 0 aliphatic heterocycles. The minimum absolute atomic E-state index is 0.774. The number of hydrogen-bond acceptors (Lipinski definition) is 1.